The quantitative estimate of drug-likeness (QED) is 0.669. The Morgan fingerprint density at radius 3 is 2.10 bits per heavy atom. The highest BCUT2D eigenvalue weighted by Crippen LogP contribution is 1.93. The largest absolute Gasteiger partial charge is 0.316 e. The van der Waals surface area contributed by atoms with Crippen LogP contribution in [0, 0.1) is 0 Å². The summed E-state index contributed by atoms with van der Waals surface area (Å²) in [6.45, 7) is 2.34. The fourth-order valence-electron chi connectivity index (χ4n) is 0.901. The Labute approximate surface area is 80.8 Å². The van der Waals surface area contributed by atoms with Gasteiger partial charge in [-0.2, -0.15) is 0 Å². The molecule has 0 spiro atoms. The molecule has 10 heavy (non-hydrogen) atoms. The van der Waals surface area contributed by atoms with Crippen molar-refractivity contribution in [3.63, 3.8) is 0 Å². The number of halogens is 3. The van der Waals surface area contributed by atoms with E-state index in [9.17, 15) is 0 Å². The second-order valence-corrected chi connectivity index (χ2v) is 1.98. The minimum absolute atomic E-state index is 0. The van der Waals surface area contributed by atoms with Crippen molar-refractivity contribution >= 4 is 37.2 Å². The van der Waals surface area contributed by atoms with Gasteiger partial charge in [-0.15, -0.1) is 37.2 Å². The van der Waals surface area contributed by atoms with Crippen LogP contribution in [0.25, 0.3) is 0 Å². The van der Waals surface area contributed by atoms with Gasteiger partial charge in [-0.1, -0.05) is 0 Å². The summed E-state index contributed by atoms with van der Waals surface area (Å²) in [4.78, 5) is 0. The first-order valence-corrected chi connectivity index (χ1v) is 2.81. The molecule has 0 aromatic carbocycles. The van der Waals surface area contributed by atoms with Gasteiger partial charge >= 0.3 is 0 Å². The molecule has 0 aromatic heterocycles. The molecule has 1 rings (SSSR count). The van der Waals surface area contributed by atoms with Crippen LogP contribution in [0.15, 0.2) is 0 Å². The van der Waals surface area contributed by atoms with Crippen LogP contribution in [-0.4, -0.2) is 26.2 Å². The van der Waals surface area contributed by atoms with Gasteiger partial charge in [0.25, 0.3) is 0 Å². The molecule has 2 N–H and O–H groups in total. The van der Waals surface area contributed by atoms with E-state index in [1.54, 1.807) is 0 Å². The van der Waals surface area contributed by atoms with Crippen LogP contribution in [-0.2, 0) is 0 Å². The Morgan fingerprint density at radius 1 is 1.30 bits per heavy atom. The zero-order valence-electron chi connectivity index (χ0n) is 5.92. The average Bonchev–Trinajstić information content (AvgIpc) is 2.14. The number of rotatable bonds is 1. The molecule has 0 bridgehead atoms. The molecule has 2 nitrogen and oxygen atoms in total. The molecule has 0 aromatic rings. The highest BCUT2D eigenvalue weighted by molar-refractivity contribution is 5.86. The second kappa shape index (κ2) is 9.79. The number of hydrogen-bond donors (Lipinski definition) is 2. The zero-order valence-corrected chi connectivity index (χ0v) is 8.37. The first-order valence-electron chi connectivity index (χ1n) is 2.81. The topological polar surface area (TPSA) is 24.1 Å². The van der Waals surface area contributed by atoms with Crippen molar-refractivity contribution in [2.45, 2.75) is 12.5 Å². The summed E-state index contributed by atoms with van der Waals surface area (Å²) in [5.41, 5.74) is 0. The van der Waals surface area contributed by atoms with Gasteiger partial charge in [0, 0.05) is 12.6 Å². The molecule has 66 valence electrons. The van der Waals surface area contributed by atoms with Gasteiger partial charge in [0.2, 0.25) is 0 Å². The van der Waals surface area contributed by atoms with E-state index in [1.165, 1.54) is 13.0 Å². The maximum Gasteiger partial charge on any atom is 0.0201 e. The highest BCUT2D eigenvalue weighted by Gasteiger charge is 2.09. The molecular formula is C5H15Cl3N2. The Bertz CT molecular complexity index is 56.9. The maximum atomic E-state index is 3.26. The van der Waals surface area contributed by atoms with Gasteiger partial charge in [0.05, 0.1) is 0 Å². The third-order valence-electron chi connectivity index (χ3n) is 1.47. The van der Waals surface area contributed by atoms with Gasteiger partial charge in [-0.25, -0.2) is 0 Å². The van der Waals surface area contributed by atoms with E-state index in [1.807, 2.05) is 7.05 Å². The Balaban J connectivity index is -0.000000163. The maximum absolute atomic E-state index is 3.26. The van der Waals surface area contributed by atoms with Crippen molar-refractivity contribution in [2.75, 3.05) is 20.1 Å². The predicted octanol–water partition coefficient (Wildman–Crippen LogP) is 0.833. The second-order valence-electron chi connectivity index (χ2n) is 1.98. The lowest BCUT2D eigenvalue weighted by atomic mass is 10.3. The summed E-state index contributed by atoms with van der Waals surface area (Å²) in [7, 11) is 2.01. The normalized spacial score (nSPS) is 21.9. The van der Waals surface area contributed by atoms with E-state index >= 15 is 0 Å². The van der Waals surface area contributed by atoms with Crippen LogP contribution in [0.5, 0.6) is 0 Å². The van der Waals surface area contributed by atoms with Gasteiger partial charge in [-0.3, -0.25) is 0 Å². The highest BCUT2D eigenvalue weighted by atomic mass is 35.5. The van der Waals surface area contributed by atoms with Crippen LogP contribution >= 0.6 is 37.2 Å². The van der Waals surface area contributed by atoms with Crippen LogP contribution < -0.4 is 10.6 Å². The fourth-order valence-corrected chi connectivity index (χ4v) is 0.901. The Morgan fingerprint density at radius 2 is 1.90 bits per heavy atom. The van der Waals surface area contributed by atoms with Crippen molar-refractivity contribution in [3.8, 4) is 0 Å². The molecule has 0 amide bonds. The first-order chi connectivity index (χ1) is 3.43. The van der Waals surface area contributed by atoms with Crippen LogP contribution in [0.1, 0.15) is 6.42 Å². The monoisotopic (exact) mass is 208 g/mol. The fraction of sp³-hybridized carbons (Fsp3) is 1.00. The third kappa shape index (κ3) is 5.57. The minimum atomic E-state index is 0. The van der Waals surface area contributed by atoms with Crippen molar-refractivity contribution < 1.29 is 0 Å². The lowest BCUT2D eigenvalue weighted by Gasteiger charge is -2.02. The van der Waals surface area contributed by atoms with Crippen LogP contribution in [0.4, 0.5) is 0 Å². The molecular weight excluding hydrogens is 194 g/mol. The Hall–Kier alpha value is 0.790. The lowest BCUT2D eigenvalue weighted by Crippen LogP contribution is -2.26. The van der Waals surface area contributed by atoms with Gasteiger partial charge in [0.15, 0.2) is 0 Å². The first kappa shape index (κ1) is 17.0. The van der Waals surface area contributed by atoms with Crippen molar-refractivity contribution in [1.29, 1.82) is 0 Å². The molecule has 0 saturated carbocycles. The molecule has 1 unspecified atom stereocenters. The van der Waals surface area contributed by atoms with Crippen molar-refractivity contribution in [1.82, 2.24) is 10.6 Å². The van der Waals surface area contributed by atoms with Crippen LogP contribution in [0.2, 0.25) is 0 Å². The summed E-state index contributed by atoms with van der Waals surface area (Å²) >= 11 is 0. The van der Waals surface area contributed by atoms with E-state index in [-0.39, 0.29) is 37.2 Å². The number of nitrogens with one attached hydrogen (secondary N) is 2. The van der Waals surface area contributed by atoms with E-state index < -0.39 is 0 Å². The molecule has 1 aliphatic heterocycles. The Kier molecular flexibility index (Phi) is 16.7. The summed E-state index contributed by atoms with van der Waals surface area (Å²) in [6, 6.07) is 0.736. The molecule has 0 aliphatic carbocycles. The van der Waals surface area contributed by atoms with Crippen molar-refractivity contribution in [2.24, 2.45) is 0 Å². The molecule has 0 radical (unpaired) electrons. The molecule has 1 heterocycles. The zero-order chi connectivity index (χ0) is 5.11. The molecule has 1 fully saturated rings. The summed E-state index contributed by atoms with van der Waals surface area (Å²) < 4.78 is 0. The summed E-state index contributed by atoms with van der Waals surface area (Å²) in [5, 5.41) is 6.46. The molecule has 1 atom stereocenters. The van der Waals surface area contributed by atoms with Gasteiger partial charge < -0.3 is 10.6 Å². The molecule has 5 heteroatoms. The summed E-state index contributed by atoms with van der Waals surface area (Å²) in [6.07, 6.45) is 1.29. The van der Waals surface area contributed by atoms with Crippen LogP contribution in [0.3, 0.4) is 0 Å². The minimum Gasteiger partial charge on any atom is -0.316 e. The smallest absolute Gasteiger partial charge is 0.0201 e. The SMILES string of the molecule is CNC1CCNC1.Cl.Cl.Cl. The van der Waals surface area contributed by atoms with Gasteiger partial charge in [0.1, 0.15) is 0 Å². The predicted molar refractivity (Wildman–Crippen MR) is 52.1 cm³/mol. The van der Waals surface area contributed by atoms with E-state index in [2.05, 4.69) is 10.6 Å². The van der Waals surface area contributed by atoms with Crippen molar-refractivity contribution in [3.05, 3.63) is 0 Å². The van der Waals surface area contributed by atoms with Gasteiger partial charge in [-0.05, 0) is 20.0 Å². The summed E-state index contributed by atoms with van der Waals surface area (Å²) in [5.74, 6) is 0. The third-order valence-corrected chi connectivity index (χ3v) is 1.47. The molecule has 1 saturated heterocycles. The molecule has 1 aliphatic rings. The van der Waals surface area contributed by atoms with E-state index in [4.69, 9.17) is 0 Å². The average molecular weight is 210 g/mol. The lowest BCUT2D eigenvalue weighted by molar-refractivity contribution is 0.611. The van der Waals surface area contributed by atoms with E-state index in [0.717, 1.165) is 12.6 Å². The van der Waals surface area contributed by atoms with E-state index in [0.29, 0.717) is 0 Å². The number of likely N-dealkylation sites (N-methyl/N-ethyl adjacent to an activating group) is 1. The number of hydrogen-bond acceptors (Lipinski definition) is 2. The standard InChI is InChI=1S/C5H12N2.3ClH/c1-6-5-2-3-7-4-5;;;/h5-7H,2-4H2,1H3;3*1H.